The van der Waals surface area contributed by atoms with Crippen LogP contribution in [0.25, 0.3) is 5.69 Å². The molecular weight excluding hydrogens is 210 g/mol. The molecule has 0 saturated heterocycles. The standard InChI is InChI=1S/C14H19N3/c1-4-14-12(8-15)9-16-17(14)13-6-5-10(2)11(3)7-13/h5-7,9H,4,8,15H2,1-3H3. The van der Waals surface area contributed by atoms with Crippen molar-refractivity contribution in [2.45, 2.75) is 33.7 Å². The topological polar surface area (TPSA) is 43.8 Å². The number of nitrogens with two attached hydrogens (primary N) is 1. The van der Waals surface area contributed by atoms with Gasteiger partial charge in [-0.15, -0.1) is 0 Å². The first kappa shape index (κ1) is 11.9. The maximum absolute atomic E-state index is 5.72. The third-order valence-corrected chi connectivity index (χ3v) is 3.25. The summed E-state index contributed by atoms with van der Waals surface area (Å²) < 4.78 is 1.99. The normalized spacial score (nSPS) is 10.8. The molecule has 0 aliphatic rings. The lowest BCUT2D eigenvalue weighted by Crippen LogP contribution is -2.05. The highest BCUT2D eigenvalue weighted by Crippen LogP contribution is 2.18. The second-order valence-corrected chi connectivity index (χ2v) is 4.35. The van der Waals surface area contributed by atoms with Crippen LogP contribution >= 0.6 is 0 Å². The fraction of sp³-hybridized carbons (Fsp3) is 0.357. The zero-order valence-electron chi connectivity index (χ0n) is 10.7. The molecule has 0 amide bonds. The van der Waals surface area contributed by atoms with Gasteiger partial charge in [0.05, 0.1) is 11.9 Å². The van der Waals surface area contributed by atoms with Crippen LogP contribution < -0.4 is 5.73 Å². The van der Waals surface area contributed by atoms with E-state index in [1.165, 1.54) is 16.8 Å². The molecule has 3 nitrogen and oxygen atoms in total. The van der Waals surface area contributed by atoms with Gasteiger partial charge < -0.3 is 5.73 Å². The van der Waals surface area contributed by atoms with E-state index < -0.39 is 0 Å². The maximum atomic E-state index is 5.72. The average Bonchev–Trinajstić information content (AvgIpc) is 2.75. The molecule has 2 N–H and O–H groups in total. The van der Waals surface area contributed by atoms with Gasteiger partial charge in [-0.05, 0) is 43.5 Å². The van der Waals surface area contributed by atoms with E-state index in [1.54, 1.807) is 0 Å². The summed E-state index contributed by atoms with van der Waals surface area (Å²) in [5, 5.41) is 4.44. The van der Waals surface area contributed by atoms with Crippen molar-refractivity contribution in [3.8, 4) is 5.69 Å². The number of aromatic nitrogens is 2. The van der Waals surface area contributed by atoms with Crippen LogP contribution in [0.4, 0.5) is 0 Å². The van der Waals surface area contributed by atoms with E-state index in [0.717, 1.165) is 17.7 Å². The lowest BCUT2D eigenvalue weighted by Gasteiger charge is -2.09. The van der Waals surface area contributed by atoms with Gasteiger partial charge in [0.1, 0.15) is 0 Å². The maximum Gasteiger partial charge on any atom is 0.0651 e. The smallest absolute Gasteiger partial charge is 0.0651 e. The van der Waals surface area contributed by atoms with Gasteiger partial charge >= 0.3 is 0 Å². The Hall–Kier alpha value is -1.61. The largest absolute Gasteiger partial charge is 0.326 e. The number of rotatable bonds is 3. The van der Waals surface area contributed by atoms with Gasteiger partial charge in [-0.25, -0.2) is 4.68 Å². The highest BCUT2D eigenvalue weighted by atomic mass is 15.3. The molecule has 2 aromatic rings. The molecule has 1 aromatic heterocycles. The number of hydrogen-bond donors (Lipinski definition) is 1. The van der Waals surface area contributed by atoms with Gasteiger partial charge in [0, 0.05) is 17.8 Å². The molecule has 1 heterocycles. The second kappa shape index (κ2) is 4.72. The van der Waals surface area contributed by atoms with Crippen LogP contribution in [0, 0.1) is 13.8 Å². The van der Waals surface area contributed by atoms with Gasteiger partial charge in [0.15, 0.2) is 0 Å². The third kappa shape index (κ3) is 2.11. The van der Waals surface area contributed by atoms with Gasteiger partial charge in [0.25, 0.3) is 0 Å². The number of nitrogens with zero attached hydrogens (tertiary/aromatic N) is 2. The Morgan fingerprint density at radius 2 is 2.00 bits per heavy atom. The monoisotopic (exact) mass is 229 g/mol. The molecule has 0 unspecified atom stereocenters. The summed E-state index contributed by atoms with van der Waals surface area (Å²) in [6.45, 7) is 6.92. The molecule has 1 aromatic carbocycles. The Kier molecular flexibility index (Phi) is 3.29. The molecule has 17 heavy (non-hydrogen) atoms. The van der Waals surface area contributed by atoms with E-state index in [-0.39, 0.29) is 0 Å². The van der Waals surface area contributed by atoms with E-state index in [4.69, 9.17) is 5.73 Å². The Bertz CT molecular complexity index is 526. The summed E-state index contributed by atoms with van der Waals surface area (Å²) >= 11 is 0. The highest BCUT2D eigenvalue weighted by molar-refractivity contribution is 5.41. The van der Waals surface area contributed by atoms with Crippen LogP contribution in [0.2, 0.25) is 0 Å². The molecule has 0 atom stereocenters. The SMILES string of the molecule is CCc1c(CN)cnn1-c1ccc(C)c(C)c1. The van der Waals surface area contributed by atoms with E-state index in [1.807, 2.05) is 10.9 Å². The van der Waals surface area contributed by atoms with Crippen molar-refractivity contribution in [2.24, 2.45) is 5.73 Å². The van der Waals surface area contributed by atoms with Gasteiger partial charge in [-0.2, -0.15) is 5.10 Å². The van der Waals surface area contributed by atoms with Crippen molar-refractivity contribution >= 4 is 0 Å². The van der Waals surface area contributed by atoms with E-state index >= 15 is 0 Å². The molecule has 0 aliphatic heterocycles. The molecule has 0 spiro atoms. The Labute approximate surface area is 102 Å². The molecule has 0 radical (unpaired) electrons. The molecule has 3 heteroatoms. The second-order valence-electron chi connectivity index (χ2n) is 4.35. The van der Waals surface area contributed by atoms with Crippen LogP contribution in [0.3, 0.4) is 0 Å². The van der Waals surface area contributed by atoms with Crippen molar-refractivity contribution in [3.63, 3.8) is 0 Å². The minimum atomic E-state index is 0.550. The summed E-state index contributed by atoms with van der Waals surface area (Å²) in [5.74, 6) is 0. The fourth-order valence-electron chi connectivity index (χ4n) is 2.03. The Morgan fingerprint density at radius 1 is 1.24 bits per heavy atom. The number of benzene rings is 1. The zero-order chi connectivity index (χ0) is 12.4. The van der Waals surface area contributed by atoms with Crippen molar-refractivity contribution in [2.75, 3.05) is 0 Å². The molecule has 2 rings (SSSR count). The molecule has 0 bridgehead atoms. The predicted octanol–water partition coefficient (Wildman–Crippen LogP) is 2.51. The third-order valence-electron chi connectivity index (χ3n) is 3.25. The summed E-state index contributed by atoms with van der Waals surface area (Å²) in [6.07, 6.45) is 2.81. The van der Waals surface area contributed by atoms with Crippen LogP contribution in [0.5, 0.6) is 0 Å². The van der Waals surface area contributed by atoms with E-state index in [2.05, 4.69) is 44.1 Å². The molecule has 90 valence electrons. The first-order valence-electron chi connectivity index (χ1n) is 6.00. The van der Waals surface area contributed by atoms with Crippen LogP contribution in [-0.2, 0) is 13.0 Å². The van der Waals surface area contributed by atoms with Crippen LogP contribution in [-0.4, -0.2) is 9.78 Å². The summed E-state index contributed by atoms with van der Waals surface area (Å²) in [4.78, 5) is 0. The number of hydrogen-bond acceptors (Lipinski definition) is 2. The molecule has 0 aliphatic carbocycles. The van der Waals surface area contributed by atoms with Gasteiger partial charge in [-0.1, -0.05) is 13.0 Å². The minimum Gasteiger partial charge on any atom is -0.326 e. The molecule has 0 fully saturated rings. The lowest BCUT2D eigenvalue weighted by molar-refractivity contribution is 0.806. The van der Waals surface area contributed by atoms with Crippen molar-refractivity contribution in [3.05, 3.63) is 46.8 Å². The number of aryl methyl sites for hydroxylation is 2. The summed E-state index contributed by atoms with van der Waals surface area (Å²) in [5.41, 5.74) is 11.8. The van der Waals surface area contributed by atoms with Crippen molar-refractivity contribution in [1.29, 1.82) is 0 Å². The fourth-order valence-corrected chi connectivity index (χ4v) is 2.03. The molecule has 0 saturated carbocycles. The Morgan fingerprint density at radius 3 is 2.59 bits per heavy atom. The average molecular weight is 229 g/mol. The first-order chi connectivity index (χ1) is 8.17. The van der Waals surface area contributed by atoms with Crippen LogP contribution in [0.15, 0.2) is 24.4 Å². The predicted molar refractivity (Wildman–Crippen MR) is 70.3 cm³/mol. The Balaban J connectivity index is 2.52. The van der Waals surface area contributed by atoms with Gasteiger partial charge in [-0.3, -0.25) is 0 Å². The van der Waals surface area contributed by atoms with Gasteiger partial charge in [0.2, 0.25) is 0 Å². The first-order valence-corrected chi connectivity index (χ1v) is 6.00. The molecular formula is C14H19N3. The quantitative estimate of drug-likeness (QED) is 0.878. The van der Waals surface area contributed by atoms with E-state index in [9.17, 15) is 0 Å². The van der Waals surface area contributed by atoms with Crippen LogP contribution in [0.1, 0.15) is 29.3 Å². The van der Waals surface area contributed by atoms with Crippen molar-refractivity contribution < 1.29 is 0 Å². The lowest BCUT2D eigenvalue weighted by atomic mass is 10.1. The minimum absolute atomic E-state index is 0.550. The summed E-state index contributed by atoms with van der Waals surface area (Å²) in [7, 11) is 0. The highest BCUT2D eigenvalue weighted by Gasteiger charge is 2.09. The zero-order valence-corrected chi connectivity index (χ0v) is 10.7. The van der Waals surface area contributed by atoms with Crippen molar-refractivity contribution in [1.82, 2.24) is 9.78 Å². The van der Waals surface area contributed by atoms with E-state index in [0.29, 0.717) is 6.54 Å². The summed E-state index contributed by atoms with van der Waals surface area (Å²) in [6, 6.07) is 6.41.